The van der Waals surface area contributed by atoms with Crippen LogP contribution in [0.1, 0.15) is 48.4 Å². The summed E-state index contributed by atoms with van der Waals surface area (Å²) >= 11 is 1.48. The van der Waals surface area contributed by atoms with E-state index >= 15 is 0 Å². The zero-order valence-corrected chi connectivity index (χ0v) is 18.0. The Kier molecular flexibility index (Phi) is 7.69. The van der Waals surface area contributed by atoms with E-state index in [0.717, 1.165) is 43.5 Å². The number of hydrogen-bond acceptors (Lipinski definition) is 8. The first-order chi connectivity index (χ1) is 14.6. The first-order valence-corrected chi connectivity index (χ1v) is 11.2. The van der Waals surface area contributed by atoms with Gasteiger partial charge in [0.15, 0.2) is 0 Å². The van der Waals surface area contributed by atoms with Crippen molar-refractivity contribution in [2.24, 2.45) is 5.73 Å². The molecule has 8 nitrogen and oxygen atoms in total. The predicted octanol–water partition coefficient (Wildman–Crippen LogP) is 2.19. The average Bonchev–Trinajstić information content (AvgIpc) is 3.20. The van der Waals surface area contributed by atoms with Crippen molar-refractivity contribution in [3.8, 4) is 12.1 Å². The van der Waals surface area contributed by atoms with E-state index in [0.29, 0.717) is 40.7 Å². The van der Waals surface area contributed by atoms with E-state index in [4.69, 9.17) is 15.8 Å². The van der Waals surface area contributed by atoms with Crippen LogP contribution >= 0.6 is 11.8 Å². The summed E-state index contributed by atoms with van der Waals surface area (Å²) in [6, 6.07) is 4.80. The van der Waals surface area contributed by atoms with Crippen molar-refractivity contribution >= 4 is 17.6 Å². The van der Waals surface area contributed by atoms with Gasteiger partial charge in [-0.2, -0.15) is 15.6 Å². The summed E-state index contributed by atoms with van der Waals surface area (Å²) in [6.45, 7) is 4.06. The molecule has 0 bridgehead atoms. The first kappa shape index (κ1) is 22.1. The van der Waals surface area contributed by atoms with Crippen LogP contribution in [0.5, 0.6) is 0 Å². The van der Waals surface area contributed by atoms with E-state index < -0.39 is 0 Å². The lowest BCUT2D eigenvalue weighted by Gasteiger charge is -2.32. The van der Waals surface area contributed by atoms with Crippen LogP contribution in [-0.4, -0.2) is 45.6 Å². The van der Waals surface area contributed by atoms with Crippen molar-refractivity contribution in [3.63, 3.8) is 0 Å². The van der Waals surface area contributed by atoms with Gasteiger partial charge in [0.25, 0.3) is 0 Å². The maximum Gasteiger partial charge on any atom is 0.148 e. The van der Waals surface area contributed by atoms with Gasteiger partial charge in [-0.3, -0.25) is 4.68 Å². The number of nitrogens with two attached hydrogens (primary N) is 1. The zero-order chi connectivity index (χ0) is 21.5. The molecule has 0 aliphatic carbocycles. The second-order valence-corrected chi connectivity index (χ2v) is 8.36. The van der Waals surface area contributed by atoms with Crippen LogP contribution in [0, 0.1) is 22.7 Å². The Balaban J connectivity index is 1.95. The van der Waals surface area contributed by atoms with Crippen LogP contribution in [0.15, 0.2) is 17.4 Å². The summed E-state index contributed by atoms with van der Waals surface area (Å²) in [5.74, 6) is 1.28. The fourth-order valence-electron chi connectivity index (χ4n) is 3.63. The van der Waals surface area contributed by atoms with Crippen molar-refractivity contribution in [1.29, 1.82) is 10.5 Å². The van der Waals surface area contributed by atoms with E-state index in [-0.39, 0.29) is 12.6 Å². The molecule has 0 amide bonds. The van der Waals surface area contributed by atoms with E-state index in [9.17, 15) is 10.5 Å². The second-order valence-electron chi connectivity index (χ2n) is 7.39. The number of piperidine rings is 1. The lowest BCUT2D eigenvalue weighted by Crippen LogP contribution is -2.40. The number of hydrogen-bond donors (Lipinski definition) is 2. The van der Waals surface area contributed by atoms with Gasteiger partial charge in [0.05, 0.1) is 30.5 Å². The Hall–Kier alpha value is -2.59. The lowest BCUT2D eigenvalue weighted by atomic mass is 9.98. The third-order valence-corrected chi connectivity index (χ3v) is 6.25. The molecule has 1 aliphatic heterocycles. The highest BCUT2D eigenvalue weighted by molar-refractivity contribution is 7.98. The third-order valence-electron chi connectivity index (χ3n) is 5.20. The molecule has 30 heavy (non-hydrogen) atoms. The molecular formula is C21H27N7OS. The quantitative estimate of drug-likeness (QED) is 0.616. The van der Waals surface area contributed by atoms with Gasteiger partial charge in [0.1, 0.15) is 23.0 Å². The van der Waals surface area contributed by atoms with Crippen LogP contribution in [0.3, 0.4) is 0 Å². The molecule has 3 heterocycles. The van der Waals surface area contributed by atoms with Crippen LogP contribution in [0.4, 0.5) is 5.82 Å². The number of anilines is 1. The molecule has 0 atom stereocenters. The number of nitrogens with zero attached hydrogens (tertiary/aromatic N) is 6. The second kappa shape index (κ2) is 10.4. The topological polar surface area (TPSA) is 128 Å². The third kappa shape index (κ3) is 4.93. The summed E-state index contributed by atoms with van der Waals surface area (Å²) in [6.07, 6.45) is 6.88. The van der Waals surface area contributed by atoms with Gasteiger partial charge in [-0.05, 0) is 24.8 Å². The van der Waals surface area contributed by atoms with Crippen LogP contribution < -0.4 is 10.6 Å². The largest absolute Gasteiger partial charge is 0.394 e. The summed E-state index contributed by atoms with van der Waals surface area (Å²) in [4.78, 5) is 6.93. The van der Waals surface area contributed by atoms with Crippen LogP contribution in [-0.2, 0) is 18.7 Å². The Morgan fingerprint density at radius 2 is 2.00 bits per heavy atom. The van der Waals surface area contributed by atoms with Crippen LogP contribution in [0.25, 0.3) is 0 Å². The number of thioether (sulfide) groups is 1. The SMILES string of the molecule is CCCc1c(C#N)c(SCc2cnn(CCO)c2)nc(N2CCC(N)CC2)c1C#N. The zero-order valence-electron chi connectivity index (χ0n) is 17.2. The number of aliphatic hydroxyl groups is 1. The highest BCUT2D eigenvalue weighted by atomic mass is 32.2. The molecule has 3 rings (SSSR count). The van der Waals surface area contributed by atoms with Gasteiger partial charge in [-0.25, -0.2) is 4.98 Å². The van der Waals surface area contributed by atoms with Gasteiger partial charge in [0, 0.05) is 36.6 Å². The van der Waals surface area contributed by atoms with E-state index in [1.54, 1.807) is 10.9 Å². The monoisotopic (exact) mass is 425 g/mol. The molecule has 2 aromatic heterocycles. The van der Waals surface area contributed by atoms with Crippen molar-refractivity contribution in [2.45, 2.75) is 56.0 Å². The van der Waals surface area contributed by atoms with Crippen molar-refractivity contribution in [2.75, 3.05) is 24.6 Å². The summed E-state index contributed by atoms with van der Waals surface area (Å²) in [5, 5.41) is 33.7. The molecule has 158 valence electrons. The van der Waals surface area contributed by atoms with E-state index in [2.05, 4.69) is 22.1 Å². The molecular weight excluding hydrogens is 398 g/mol. The van der Waals surface area contributed by atoms with E-state index in [1.165, 1.54) is 11.8 Å². The molecule has 0 spiro atoms. The fourth-order valence-corrected chi connectivity index (χ4v) is 4.55. The minimum absolute atomic E-state index is 0.0350. The maximum atomic E-state index is 9.89. The smallest absolute Gasteiger partial charge is 0.148 e. The average molecular weight is 426 g/mol. The standard InChI is InChI=1S/C21H27N7OS/c1-2-3-17-18(10-22)20(27-6-4-16(24)5-7-27)26-21(19(17)11-23)30-14-15-12-25-28(13-15)8-9-29/h12-13,16,29H,2-9,14,24H2,1H3. The number of aromatic nitrogens is 3. The molecule has 0 unspecified atom stereocenters. The van der Waals surface area contributed by atoms with Crippen molar-refractivity contribution in [1.82, 2.24) is 14.8 Å². The number of nitriles is 2. The Bertz CT molecular complexity index is 951. The highest BCUT2D eigenvalue weighted by Crippen LogP contribution is 2.34. The molecule has 1 fully saturated rings. The van der Waals surface area contributed by atoms with Crippen molar-refractivity contribution < 1.29 is 5.11 Å². The number of rotatable bonds is 8. The molecule has 0 radical (unpaired) electrons. The summed E-state index contributed by atoms with van der Waals surface area (Å²) in [5.41, 5.74) is 8.85. The molecule has 0 aromatic carbocycles. The molecule has 1 saturated heterocycles. The molecule has 3 N–H and O–H groups in total. The molecule has 9 heteroatoms. The van der Waals surface area contributed by atoms with Gasteiger partial charge in [0.2, 0.25) is 0 Å². The number of pyridine rings is 1. The minimum atomic E-state index is 0.0350. The Labute approximate surface area is 181 Å². The normalized spacial score (nSPS) is 14.5. The van der Waals surface area contributed by atoms with Crippen molar-refractivity contribution in [3.05, 3.63) is 34.6 Å². The van der Waals surface area contributed by atoms with Gasteiger partial charge >= 0.3 is 0 Å². The minimum Gasteiger partial charge on any atom is -0.394 e. The molecule has 0 saturated carbocycles. The Morgan fingerprint density at radius 3 is 2.63 bits per heavy atom. The van der Waals surface area contributed by atoms with E-state index in [1.807, 2.05) is 13.1 Å². The summed E-state index contributed by atoms with van der Waals surface area (Å²) in [7, 11) is 0. The fraction of sp³-hybridized carbons (Fsp3) is 0.524. The molecule has 1 aliphatic rings. The Morgan fingerprint density at radius 1 is 1.27 bits per heavy atom. The maximum absolute atomic E-state index is 9.89. The van der Waals surface area contributed by atoms with Crippen LogP contribution in [0.2, 0.25) is 0 Å². The number of aliphatic hydroxyl groups excluding tert-OH is 1. The van der Waals surface area contributed by atoms with Gasteiger partial charge < -0.3 is 15.7 Å². The van der Waals surface area contributed by atoms with Gasteiger partial charge in [-0.1, -0.05) is 13.3 Å². The molecule has 2 aromatic rings. The van der Waals surface area contributed by atoms with Gasteiger partial charge in [-0.15, -0.1) is 11.8 Å². The lowest BCUT2D eigenvalue weighted by molar-refractivity contribution is 0.269. The summed E-state index contributed by atoms with van der Waals surface area (Å²) < 4.78 is 1.69. The predicted molar refractivity (Wildman–Crippen MR) is 116 cm³/mol. The highest BCUT2D eigenvalue weighted by Gasteiger charge is 2.25. The first-order valence-electron chi connectivity index (χ1n) is 10.2.